The third kappa shape index (κ3) is 3.79. The number of likely N-dealkylation sites (tertiary alicyclic amines) is 1. The number of amides is 2. The smallest absolute Gasteiger partial charge is 0.245 e. The van der Waals surface area contributed by atoms with E-state index in [0.717, 1.165) is 11.6 Å². The Kier molecular flexibility index (Phi) is 5.55. The molecule has 0 spiro atoms. The van der Waals surface area contributed by atoms with Gasteiger partial charge in [0.25, 0.3) is 0 Å². The summed E-state index contributed by atoms with van der Waals surface area (Å²) in [5.74, 6) is -1.03. The molecule has 0 aliphatic carbocycles. The average Bonchev–Trinajstić information content (AvgIpc) is 2.73. The molecule has 1 fully saturated rings. The van der Waals surface area contributed by atoms with Crippen LogP contribution in [0.25, 0.3) is 0 Å². The molecular formula is C22H20FN3O2. The van der Waals surface area contributed by atoms with Crippen molar-refractivity contribution in [3.05, 3.63) is 78.1 Å². The van der Waals surface area contributed by atoms with Crippen LogP contribution in [0, 0.1) is 17.1 Å². The Morgan fingerprint density at radius 1 is 1.18 bits per heavy atom. The third-order valence-electron chi connectivity index (χ3n) is 5.15. The topological polar surface area (TPSA) is 73.2 Å². The van der Waals surface area contributed by atoms with E-state index in [2.05, 4.69) is 11.9 Å². The molecular weight excluding hydrogens is 357 g/mol. The highest BCUT2D eigenvalue weighted by atomic mass is 19.1. The minimum Gasteiger partial charge on any atom is -0.339 e. The monoisotopic (exact) mass is 377 g/mol. The summed E-state index contributed by atoms with van der Waals surface area (Å²) < 4.78 is 13.7. The highest BCUT2D eigenvalue weighted by Gasteiger charge is 2.43. The molecule has 3 rings (SSSR count). The van der Waals surface area contributed by atoms with E-state index in [1.54, 1.807) is 4.90 Å². The van der Waals surface area contributed by atoms with E-state index >= 15 is 0 Å². The summed E-state index contributed by atoms with van der Waals surface area (Å²) in [6.45, 7) is 4.35. The molecule has 6 heteroatoms. The van der Waals surface area contributed by atoms with E-state index in [4.69, 9.17) is 5.26 Å². The minimum atomic E-state index is -0.849. The summed E-state index contributed by atoms with van der Waals surface area (Å²) in [7, 11) is 0. The largest absolute Gasteiger partial charge is 0.339 e. The van der Waals surface area contributed by atoms with E-state index in [1.165, 1.54) is 18.2 Å². The predicted octanol–water partition coefficient (Wildman–Crippen LogP) is 3.38. The van der Waals surface area contributed by atoms with Gasteiger partial charge >= 0.3 is 0 Å². The van der Waals surface area contributed by atoms with Crippen molar-refractivity contribution < 1.29 is 14.0 Å². The van der Waals surface area contributed by atoms with Crippen LogP contribution in [0.3, 0.4) is 0 Å². The molecule has 28 heavy (non-hydrogen) atoms. The fourth-order valence-electron chi connectivity index (χ4n) is 3.62. The van der Waals surface area contributed by atoms with Crippen LogP contribution >= 0.6 is 0 Å². The molecule has 0 bridgehead atoms. The molecule has 2 aromatic carbocycles. The SMILES string of the molecule is C=CC(=O)N1CCC(C(=O)Nc2cc(F)cc(C#N)c2)(c2ccccc2)CC1. The number of nitrogens with one attached hydrogen (secondary N) is 1. The van der Waals surface area contributed by atoms with Crippen molar-refractivity contribution in [1.82, 2.24) is 4.90 Å². The summed E-state index contributed by atoms with van der Waals surface area (Å²) in [6.07, 6.45) is 2.14. The maximum atomic E-state index is 13.7. The summed E-state index contributed by atoms with van der Waals surface area (Å²) in [5, 5.41) is 11.8. The van der Waals surface area contributed by atoms with Crippen LogP contribution in [0.15, 0.2) is 61.2 Å². The Bertz CT molecular complexity index is 942. The van der Waals surface area contributed by atoms with E-state index in [9.17, 15) is 14.0 Å². The Hall–Kier alpha value is -3.46. The third-order valence-corrected chi connectivity index (χ3v) is 5.15. The Labute approximate surface area is 163 Å². The molecule has 142 valence electrons. The zero-order chi connectivity index (χ0) is 20.1. The molecule has 1 N–H and O–H groups in total. The van der Waals surface area contributed by atoms with Gasteiger partial charge in [0.1, 0.15) is 5.82 Å². The number of carbonyl (C=O) groups is 2. The molecule has 1 heterocycles. The first-order valence-electron chi connectivity index (χ1n) is 8.97. The summed E-state index contributed by atoms with van der Waals surface area (Å²) in [6, 6.07) is 15.0. The fourth-order valence-corrected chi connectivity index (χ4v) is 3.62. The minimum absolute atomic E-state index is 0.135. The van der Waals surface area contributed by atoms with Gasteiger partial charge in [0.05, 0.1) is 17.0 Å². The molecule has 0 radical (unpaired) electrons. The molecule has 1 saturated heterocycles. The van der Waals surface area contributed by atoms with Crippen LogP contribution in [-0.2, 0) is 15.0 Å². The van der Waals surface area contributed by atoms with Gasteiger partial charge in [0.2, 0.25) is 11.8 Å². The molecule has 0 saturated carbocycles. The lowest BCUT2D eigenvalue weighted by Gasteiger charge is -2.40. The summed E-state index contributed by atoms with van der Waals surface area (Å²) in [5.41, 5.74) is 0.366. The van der Waals surface area contributed by atoms with Crippen LogP contribution in [0.1, 0.15) is 24.0 Å². The van der Waals surface area contributed by atoms with Crippen LogP contribution in [0.4, 0.5) is 10.1 Å². The Morgan fingerprint density at radius 2 is 1.86 bits per heavy atom. The lowest BCUT2D eigenvalue weighted by atomic mass is 9.72. The lowest BCUT2D eigenvalue weighted by molar-refractivity contribution is -0.131. The van der Waals surface area contributed by atoms with Gasteiger partial charge < -0.3 is 10.2 Å². The van der Waals surface area contributed by atoms with Gasteiger partial charge in [0.15, 0.2) is 0 Å². The highest BCUT2D eigenvalue weighted by Crippen LogP contribution is 2.37. The van der Waals surface area contributed by atoms with Crippen LogP contribution in [0.2, 0.25) is 0 Å². The van der Waals surface area contributed by atoms with E-state index < -0.39 is 11.2 Å². The van der Waals surface area contributed by atoms with Crippen molar-refractivity contribution in [2.45, 2.75) is 18.3 Å². The van der Waals surface area contributed by atoms with Crippen molar-refractivity contribution in [1.29, 1.82) is 5.26 Å². The first-order valence-corrected chi connectivity index (χ1v) is 8.97. The van der Waals surface area contributed by atoms with Gasteiger partial charge in [0, 0.05) is 18.8 Å². The van der Waals surface area contributed by atoms with Crippen LogP contribution in [-0.4, -0.2) is 29.8 Å². The zero-order valence-electron chi connectivity index (χ0n) is 15.3. The first-order chi connectivity index (χ1) is 13.5. The zero-order valence-corrected chi connectivity index (χ0v) is 15.3. The molecule has 5 nitrogen and oxygen atoms in total. The predicted molar refractivity (Wildman–Crippen MR) is 104 cm³/mol. The second-order valence-electron chi connectivity index (χ2n) is 6.77. The molecule has 0 atom stereocenters. The van der Waals surface area contributed by atoms with E-state index in [1.807, 2.05) is 36.4 Å². The molecule has 2 amide bonds. The maximum Gasteiger partial charge on any atom is 0.245 e. The van der Waals surface area contributed by atoms with Gasteiger partial charge in [-0.1, -0.05) is 36.9 Å². The molecule has 1 aliphatic heterocycles. The molecule has 0 unspecified atom stereocenters. The quantitative estimate of drug-likeness (QED) is 0.830. The normalized spacial score (nSPS) is 15.4. The number of anilines is 1. The fraction of sp³-hybridized carbons (Fsp3) is 0.227. The number of piperidine rings is 1. The summed E-state index contributed by atoms with van der Waals surface area (Å²) in [4.78, 5) is 26.9. The molecule has 1 aliphatic rings. The van der Waals surface area contributed by atoms with Gasteiger partial charge in [-0.05, 0) is 42.7 Å². The molecule has 0 aromatic heterocycles. The van der Waals surface area contributed by atoms with Crippen molar-refractivity contribution in [3.8, 4) is 6.07 Å². The molecule has 2 aromatic rings. The van der Waals surface area contributed by atoms with E-state index in [0.29, 0.717) is 25.9 Å². The standard InChI is InChI=1S/C22H20FN3O2/c1-2-20(27)26-10-8-22(9-11-26,17-6-4-3-5-7-17)21(28)25-19-13-16(15-24)12-18(23)14-19/h2-7,12-14H,1,8-11H2,(H,25,28). The number of benzene rings is 2. The number of hydrogen-bond acceptors (Lipinski definition) is 3. The van der Waals surface area contributed by atoms with Crippen molar-refractivity contribution in [3.63, 3.8) is 0 Å². The lowest BCUT2D eigenvalue weighted by Crippen LogP contribution is -2.50. The van der Waals surface area contributed by atoms with Crippen molar-refractivity contribution >= 4 is 17.5 Å². The number of hydrogen-bond donors (Lipinski definition) is 1. The maximum absolute atomic E-state index is 13.7. The van der Waals surface area contributed by atoms with Crippen LogP contribution < -0.4 is 5.32 Å². The number of rotatable bonds is 4. The van der Waals surface area contributed by atoms with Gasteiger partial charge in [-0.25, -0.2) is 4.39 Å². The van der Waals surface area contributed by atoms with E-state index in [-0.39, 0.29) is 23.1 Å². The second-order valence-corrected chi connectivity index (χ2v) is 6.77. The Morgan fingerprint density at radius 3 is 2.46 bits per heavy atom. The summed E-state index contributed by atoms with van der Waals surface area (Å²) >= 11 is 0. The second kappa shape index (κ2) is 8.05. The van der Waals surface area contributed by atoms with Crippen molar-refractivity contribution in [2.75, 3.05) is 18.4 Å². The Balaban J connectivity index is 1.91. The highest BCUT2D eigenvalue weighted by molar-refractivity contribution is 5.99. The van der Waals surface area contributed by atoms with Crippen molar-refractivity contribution in [2.24, 2.45) is 0 Å². The number of nitriles is 1. The van der Waals surface area contributed by atoms with Gasteiger partial charge in [-0.3, -0.25) is 9.59 Å². The number of carbonyl (C=O) groups excluding carboxylic acids is 2. The number of nitrogens with zero attached hydrogens (tertiary/aromatic N) is 2. The van der Waals surface area contributed by atoms with Gasteiger partial charge in [-0.15, -0.1) is 0 Å². The number of halogens is 1. The van der Waals surface area contributed by atoms with Gasteiger partial charge in [-0.2, -0.15) is 5.26 Å². The average molecular weight is 377 g/mol. The first kappa shape index (κ1) is 19.3. The van der Waals surface area contributed by atoms with Crippen LogP contribution in [0.5, 0.6) is 0 Å².